The predicted octanol–water partition coefficient (Wildman–Crippen LogP) is 2.81. The second-order valence-electron chi connectivity index (χ2n) is 5.66. The molecule has 0 aliphatic carbocycles. The number of hydrogen-bond donors (Lipinski definition) is 0. The third kappa shape index (κ3) is 4.07. The average Bonchev–Trinajstić information content (AvgIpc) is 3.17. The zero-order chi connectivity index (χ0) is 17.8. The van der Waals surface area contributed by atoms with Gasteiger partial charge in [0.05, 0.1) is 20.6 Å². The number of aromatic nitrogens is 1. The van der Waals surface area contributed by atoms with Crippen molar-refractivity contribution in [2.45, 2.75) is 6.42 Å². The summed E-state index contributed by atoms with van der Waals surface area (Å²) in [6, 6.07) is 3.69. The molecule has 1 aliphatic rings. The molecule has 0 saturated carbocycles. The van der Waals surface area contributed by atoms with Crippen LogP contribution in [0.2, 0.25) is 0 Å². The van der Waals surface area contributed by atoms with E-state index in [1.54, 1.807) is 25.6 Å². The third-order valence-corrected chi connectivity index (χ3v) is 5.79. The maximum atomic E-state index is 12.7. The van der Waals surface area contributed by atoms with Crippen molar-refractivity contribution in [1.29, 1.82) is 0 Å². The quantitative estimate of drug-likeness (QED) is 0.736. The van der Waals surface area contributed by atoms with Gasteiger partial charge in [-0.3, -0.25) is 4.79 Å². The fraction of sp³-hybridized carbons (Fsp3) is 0.412. The summed E-state index contributed by atoms with van der Waals surface area (Å²) in [5, 5.41) is 3.00. The SMILES string of the molecule is COc1cc(Br)c(CC(=O)N2CCN(c3nccs3)CC2)cc1OC. The van der Waals surface area contributed by atoms with Crippen molar-refractivity contribution < 1.29 is 14.3 Å². The molecule has 3 rings (SSSR count). The maximum absolute atomic E-state index is 12.7. The molecule has 0 spiro atoms. The summed E-state index contributed by atoms with van der Waals surface area (Å²) in [4.78, 5) is 21.1. The molecule has 2 aromatic rings. The van der Waals surface area contributed by atoms with Crippen molar-refractivity contribution in [2.75, 3.05) is 45.3 Å². The van der Waals surface area contributed by atoms with Crippen molar-refractivity contribution >= 4 is 38.3 Å². The summed E-state index contributed by atoms with van der Waals surface area (Å²) in [6.45, 7) is 3.05. The van der Waals surface area contributed by atoms with E-state index in [9.17, 15) is 4.79 Å². The predicted molar refractivity (Wildman–Crippen MR) is 102 cm³/mol. The average molecular weight is 426 g/mol. The second-order valence-corrected chi connectivity index (χ2v) is 7.39. The molecule has 0 bridgehead atoms. The molecule has 6 nitrogen and oxygen atoms in total. The number of rotatable bonds is 5. The molecule has 25 heavy (non-hydrogen) atoms. The maximum Gasteiger partial charge on any atom is 0.227 e. The van der Waals surface area contributed by atoms with E-state index in [-0.39, 0.29) is 5.91 Å². The van der Waals surface area contributed by atoms with Crippen molar-refractivity contribution in [2.24, 2.45) is 0 Å². The Kier molecular flexibility index (Phi) is 5.80. The summed E-state index contributed by atoms with van der Waals surface area (Å²) < 4.78 is 11.5. The van der Waals surface area contributed by atoms with E-state index in [1.165, 1.54) is 0 Å². The van der Waals surface area contributed by atoms with E-state index in [4.69, 9.17) is 9.47 Å². The van der Waals surface area contributed by atoms with Crippen LogP contribution in [-0.4, -0.2) is 56.2 Å². The molecule has 1 aliphatic heterocycles. The highest BCUT2D eigenvalue weighted by Crippen LogP contribution is 2.33. The van der Waals surface area contributed by atoms with Gasteiger partial charge in [0.2, 0.25) is 5.91 Å². The summed E-state index contributed by atoms with van der Waals surface area (Å²) in [7, 11) is 3.19. The molecule has 8 heteroatoms. The van der Waals surface area contributed by atoms with Gasteiger partial charge < -0.3 is 19.3 Å². The molecule has 1 saturated heterocycles. The minimum Gasteiger partial charge on any atom is -0.493 e. The summed E-state index contributed by atoms with van der Waals surface area (Å²) in [6.07, 6.45) is 2.14. The summed E-state index contributed by atoms with van der Waals surface area (Å²) in [5.74, 6) is 1.39. The van der Waals surface area contributed by atoms with Crippen LogP contribution in [0.3, 0.4) is 0 Å². The van der Waals surface area contributed by atoms with E-state index in [2.05, 4.69) is 25.8 Å². The molecule has 1 fully saturated rings. The van der Waals surface area contributed by atoms with Crippen LogP contribution in [-0.2, 0) is 11.2 Å². The molecule has 0 N–H and O–H groups in total. The van der Waals surface area contributed by atoms with Gasteiger partial charge in [-0.15, -0.1) is 11.3 Å². The standard InChI is InChI=1S/C17H20BrN3O3S/c1-23-14-9-12(13(18)11-15(14)24-2)10-16(22)20-4-6-21(7-5-20)17-19-3-8-25-17/h3,8-9,11H,4-7,10H2,1-2H3. The van der Waals surface area contributed by atoms with Gasteiger partial charge in [-0.05, 0) is 17.7 Å². The van der Waals surface area contributed by atoms with Gasteiger partial charge in [-0.2, -0.15) is 0 Å². The van der Waals surface area contributed by atoms with Gasteiger partial charge in [-0.1, -0.05) is 15.9 Å². The van der Waals surface area contributed by atoms with E-state index >= 15 is 0 Å². The first-order chi connectivity index (χ1) is 12.1. The minimum absolute atomic E-state index is 0.117. The topological polar surface area (TPSA) is 54.9 Å². The Hall–Kier alpha value is -1.80. The zero-order valence-corrected chi connectivity index (χ0v) is 16.6. The number of benzene rings is 1. The number of nitrogens with zero attached hydrogens (tertiary/aromatic N) is 3. The van der Waals surface area contributed by atoms with Gasteiger partial charge in [-0.25, -0.2) is 4.98 Å². The number of carbonyl (C=O) groups excluding carboxylic acids is 1. The molecule has 1 aromatic carbocycles. The van der Waals surface area contributed by atoms with Crippen LogP contribution in [0, 0.1) is 0 Å². The van der Waals surface area contributed by atoms with Crippen LogP contribution in [0.4, 0.5) is 5.13 Å². The summed E-state index contributed by atoms with van der Waals surface area (Å²) >= 11 is 5.15. The lowest BCUT2D eigenvalue weighted by molar-refractivity contribution is -0.130. The van der Waals surface area contributed by atoms with E-state index in [0.29, 0.717) is 31.0 Å². The van der Waals surface area contributed by atoms with Crippen molar-refractivity contribution in [3.63, 3.8) is 0 Å². The Balaban J connectivity index is 1.63. The van der Waals surface area contributed by atoms with Crippen LogP contribution >= 0.6 is 27.3 Å². The van der Waals surface area contributed by atoms with Crippen molar-refractivity contribution in [3.8, 4) is 11.5 Å². The molecule has 1 amide bonds. The molecular formula is C17H20BrN3O3S. The molecule has 134 valence electrons. The lowest BCUT2D eigenvalue weighted by atomic mass is 10.1. The van der Waals surface area contributed by atoms with Crippen LogP contribution < -0.4 is 14.4 Å². The van der Waals surface area contributed by atoms with Crippen molar-refractivity contribution in [1.82, 2.24) is 9.88 Å². The zero-order valence-electron chi connectivity index (χ0n) is 14.2. The molecule has 0 unspecified atom stereocenters. The van der Waals surface area contributed by atoms with E-state index in [0.717, 1.165) is 28.3 Å². The van der Waals surface area contributed by atoms with Crippen LogP contribution in [0.5, 0.6) is 11.5 Å². The van der Waals surface area contributed by atoms with Gasteiger partial charge in [0.15, 0.2) is 16.6 Å². The number of carbonyl (C=O) groups is 1. The first-order valence-corrected chi connectivity index (χ1v) is 9.62. The van der Waals surface area contributed by atoms with Gasteiger partial charge in [0, 0.05) is 42.2 Å². The van der Waals surface area contributed by atoms with Crippen LogP contribution in [0.25, 0.3) is 0 Å². The lowest BCUT2D eigenvalue weighted by Gasteiger charge is -2.34. The van der Waals surface area contributed by atoms with E-state index in [1.807, 2.05) is 28.6 Å². The van der Waals surface area contributed by atoms with Gasteiger partial charge >= 0.3 is 0 Å². The molecule has 0 atom stereocenters. The van der Waals surface area contributed by atoms with Gasteiger partial charge in [0.25, 0.3) is 0 Å². The Morgan fingerprint density at radius 2 is 1.88 bits per heavy atom. The highest BCUT2D eigenvalue weighted by Gasteiger charge is 2.23. The normalized spacial score (nSPS) is 14.5. The molecule has 1 aromatic heterocycles. The molecule has 2 heterocycles. The smallest absolute Gasteiger partial charge is 0.227 e. The largest absolute Gasteiger partial charge is 0.493 e. The Morgan fingerprint density at radius 1 is 1.20 bits per heavy atom. The second kappa shape index (κ2) is 8.05. The number of methoxy groups -OCH3 is 2. The number of halogens is 1. The van der Waals surface area contributed by atoms with E-state index < -0.39 is 0 Å². The number of anilines is 1. The highest BCUT2D eigenvalue weighted by molar-refractivity contribution is 9.10. The number of hydrogen-bond acceptors (Lipinski definition) is 6. The first kappa shape index (κ1) is 18.0. The van der Waals surface area contributed by atoms with Crippen LogP contribution in [0.15, 0.2) is 28.2 Å². The fourth-order valence-corrected chi connectivity index (χ4v) is 3.99. The van der Waals surface area contributed by atoms with Crippen LogP contribution in [0.1, 0.15) is 5.56 Å². The lowest BCUT2D eigenvalue weighted by Crippen LogP contribution is -2.49. The highest BCUT2D eigenvalue weighted by atomic mass is 79.9. The Morgan fingerprint density at radius 3 is 2.48 bits per heavy atom. The van der Waals surface area contributed by atoms with Crippen molar-refractivity contribution in [3.05, 3.63) is 33.7 Å². The molecular weight excluding hydrogens is 406 g/mol. The third-order valence-electron chi connectivity index (χ3n) is 4.22. The number of thiazole rings is 1. The Bertz CT molecular complexity index is 731. The van der Waals surface area contributed by atoms with Gasteiger partial charge in [0.1, 0.15) is 0 Å². The fourth-order valence-electron chi connectivity index (χ4n) is 2.83. The number of ether oxygens (including phenoxy) is 2. The number of amides is 1. The minimum atomic E-state index is 0.117. The molecule has 0 radical (unpaired) electrons. The summed E-state index contributed by atoms with van der Waals surface area (Å²) in [5.41, 5.74) is 0.894. The number of piperazine rings is 1. The Labute approximate surface area is 159 Å². The monoisotopic (exact) mass is 425 g/mol. The first-order valence-electron chi connectivity index (χ1n) is 7.95.